The fraction of sp³-hybridized carbons (Fsp3) is 0.190. The van der Waals surface area contributed by atoms with Crippen molar-refractivity contribution in [3.05, 3.63) is 92.4 Å². The summed E-state index contributed by atoms with van der Waals surface area (Å²) in [5.74, 6) is -0.426. The third-order valence-electron chi connectivity index (χ3n) is 5.52. The monoisotopic (exact) mass is 374 g/mol. The summed E-state index contributed by atoms with van der Waals surface area (Å²) < 4.78 is 12.1. The largest absolute Gasteiger partial charge is 0.485 e. The van der Waals surface area contributed by atoms with Crippen molar-refractivity contribution in [3.63, 3.8) is 0 Å². The molecule has 0 fully saturated rings. The molecule has 0 saturated carbocycles. The van der Waals surface area contributed by atoms with Gasteiger partial charge in [-0.05, 0) is 47.6 Å². The predicted octanol–water partition coefficient (Wildman–Crippen LogP) is 4.40. The smallest absolute Gasteiger partial charge is 0.339 e. The zero-order valence-electron chi connectivity index (χ0n) is 14.8. The van der Waals surface area contributed by atoms with Crippen LogP contribution in [0.4, 0.5) is 5.69 Å². The van der Waals surface area contributed by atoms with Crippen molar-refractivity contribution >= 4 is 11.7 Å². The molecule has 1 spiro atoms. The van der Waals surface area contributed by atoms with Crippen LogP contribution in [0.15, 0.2) is 70.7 Å². The van der Waals surface area contributed by atoms with Gasteiger partial charge in [0.25, 0.3) is 0 Å². The molecule has 7 nitrogen and oxygen atoms in total. The molecule has 0 aromatic heterocycles. The lowest BCUT2D eigenvalue weighted by molar-refractivity contribution is -0.0417. The van der Waals surface area contributed by atoms with Crippen LogP contribution in [-0.4, -0.2) is 12.1 Å². The van der Waals surface area contributed by atoms with Gasteiger partial charge in [-0.25, -0.2) is 4.79 Å². The molecule has 0 bridgehead atoms. The maximum absolute atomic E-state index is 12.8. The van der Waals surface area contributed by atoms with Crippen LogP contribution in [0.3, 0.4) is 0 Å². The molecule has 2 aromatic rings. The number of fused-ring (bicyclic) bond motifs is 6. The van der Waals surface area contributed by atoms with Crippen LogP contribution in [0.25, 0.3) is 0 Å². The maximum atomic E-state index is 12.8. The van der Waals surface area contributed by atoms with Crippen molar-refractivity contribution in [3.8, 4) is 5.75 Å². The number of carbonyl (C=O) groups is 1. The molecule has 2 aromatic carbocycles. The summed E-state index contributed by atoms with van der Waals surface area (Å²) in [6.07, 6.45) is 4.40. The van der Waals surface area contributed by atoms with Crippen LogP contribution in [0.1, 0.15) is 27.0 Å². The number of carbonyl (C=O) groups excluding carboxylic acids is 1. The highest BCUT2D eigenvalue weighted by Crippen LogP contribution is 2.56. The number of rotatable bonds is 2. The number of benzene rings is 2. The van der Waals surface area contributed by atoms with Gasteiger partial charge in [0, 0.05) is 17.2 Å². The summed E-state index contributed by atoms with van der Waals surface area (Å²) in [6, 6.07) is 10.4. The van der Waals surface area contributed by atoms with E-state index < -0.39 is 23.6 Å². The molecule has 2 unspecified atom stereocenters. The molecular weight excluding hydrogens is 360 g/mol. The van der Waals surface area contributed by atoms with Gasteiger partial charge < -0.3 is 9.47 Å². The van der Waals surface area contributed by atoms with E-state index in [1.165, 1.54) is 6.07 Å². The highest BCUT2D eigenvalue weighted by atomic mass is 16.6. The number of allylic oxidation sites excluding steroid dienone is 1. The molecule has 0 N–H and O–H groups in total. The first-order valence-electron chi connectivity index (χ1n) is 8.79. The number of ether oxygens (including phenoxy) is 2. The van der Waals surface area contributed by atoms with Crippen LogP contribution in [0.2, 0.25) is 0 Å². The Morgan fingerprint density at radius 1 is 1.04 bits per heavy atom. The van der Waals surface area contributed by atoms with Gasteiger partial charge in [-0.3, -0.25) is 0 Å². The lowest BCUT2D eigenvalue weighted by Gasteiger charge is -2.44. The second-order valence-electron chi connectivity index (χ2n) is 7.10. The van der Waals surface area contributed by atoms with Crippen molar-refractivity contribution in [2.75, 3.05) is 0 Å². The molecule has 2 aliphatic heterocycles. The van der Waals surface area contributed by atoms with Crippen molar-refractivity contribution in [2.45, 2.75) is 18.6 Å². The van der Waals surface area contributed by atoms with Crippen LogP contribution < -0.4 is 4.74 Å². The van der Waals surface area contributed by atoms with E-state index in [4.69, 9.17) is 9.47 Å². The van der Waals surface area contributed by atoms with Gasteiger partial charge >= 0.3 is 5.97 Å². The average Bonchev–Trinajstić information content (AvgIpc) is 2.99. The second-order valence-corrected chi connectivity index (χ2v) is 7.10. The van der Waals surface area contributed by atoms with Crippen LogP contribution in [-0.2, 0) is 10.3 Å². The number of nitrogens with zero attached hydrogens (tertiary/aromatic N) is 2. The number of aryl methyl sites for hydroxylation is 1. The summed E-state index contributed by atoms with van der Waals surface area (Å²) in [5, 5.41) is 5.95. The Balaban J connectivity index is 1.81. The van der Waals surface area contributed by atoms with Crippen LogP contribution in [0, 0.1) is 22.7 Å². The third-order valence-corrected chi connectivity index (χ3v) is 5.52. The minimum Gasteiger partial charge on any atom is -0.485 e. The summed E-state index contributed by atoms with van der Waals surface area (Å²) in [6.45, 7) is 1.91. The molecule has 5 rings (SSSR count). The predicted molar refractivity (Wildman–Crippen MR) is 100 cm³/mol. The van der Waals surface area contributed by atoms with E-state index in [1.807, 2.05) is 19.1 Å². The zero-order valence-corrected chi connectivity index (χ0v) is 14.8. The van der Waals surface area contributed by atoms with Crippen molar-refractivity contribution < 1.29 is 14.3 Å². The van der Waals surface area contributed by atoms with Gasteiger partial charge in [-0.15, -0.1) is 9.81 Å². The first-order valence-corrected chi connectivity index (χ1v) is 8.79. The molecule has 3 atom stereocenters. The Labute approximate surface area is 159 Å². The summed E-state index contributed by atoms with van der Waals surface area (Å²) in [4.78, 5) is 34.8. The van der Waals surface area contributed by atoms with Gasteiger partial charge in [0.05, 0.1) is 11.5 Å². The SMILES string of the molecule is Cc1ccc2c(c1)C(=O)OC21c2ccc(N=O)cc2OC2C=C(N=O)C=C[C@H]21. The van der Waals surface area contributed by atoms with E-state index >= 15 is 0 Å². The van der Waals surface area contributed by atoms with Crippen molar-refractivity contribution in [2.24, 2.45) is 16.3 Å². The lowest BCUT2D eigenvalue weighted by atomic mass is 9.70. The van der Waals surface area contributed by atoms with Crippen molar-refractivity contribution in [1.29, 1.82) is 0 Å². The van der Waals surface area contributed by atoms with Crippen LogP contribution >= 0.6 is 0 Å². The third kappa shape index (κ3) is 2.07. The van der Waals surface area contributed by atoms with Gasteiger partial charge in [0.2, 0.25) is 0 Å². The standard InChI is InChI=1S/C21H14N2O5/c1-11-2-5-15-14(8-11)20(24)28-21(15)16-6-3-12(22-25)9-18(16)27-19-10-13(23-26)4-7-17(19)21/h2-10,16,18H,1H3/t16-,18?,21?/m1/s1. The minimum atomic E-state index is -1.12. The molecular formula is C21H14N2O5. The highest BCUT2D eigenvalue weighted by Gasteiger charge is 2.58. The van der Waals surface area contributed by atoms with Crippen LogP contribution in [0.5, 0.6) is 5.75 Å². The second kappa shape index (κ2) is 5.69. The lowest BCUT2D eigenvalue weighted by Crippen LogP contribution is -2.48. The fourth-order valence-electron chi connectivity index (χ4n) is 4.33. The summed E-state index contributed by atoms with van der Waals surface area (Å²) >= 11 is 0. The van der Waals surface area contributed by atoms with E-state index in [1.54, 1.807) is 36.4 Å². The molecule has 0 amide bonds. The van der Waals surface area contributed by atoms with Gasteiger partial charge in [0.15, 0.2) is 5.60 Å². The van der Waals surface area contributed by atoms with E-state index in [-0.39, 0.29) is 11.4 Å². The minimum absolute atomic E-state index is 0.199. The number of hydrogen-bond acceptors (Lipinski definition) is 7. The molecule has 3 aliphatic rings. The first kappa shape index (κ1) is 16.6. The molecule has 7 heteroatoms. The van der Waals surface area contributed by atoms with Gasteiger partial charge in [-0.2, -0.15) is 0 Å². The molecule has 0 radical (unpaired) electrons. The maximum Gasteiger partial charge on any atom is 0.339 e. The van der Waals surface area contributed by atoms with Gasteiger partial charge in [-0.1, -0.05) is 23.8 Å². The van der Waals surface area contributed by atoms with E-state index in [0.29, 0.717) is 16.9 Å². The average molecular weight is 374 g/mol. The quantitative estimate of drug-likeness (QED) is 0.573. The zero-order chi connectivity index (χ0) is 19.5. The Kier molecular flexibility index (Phi) is 3.37. The Morgan fingerprint density at radius 3 is 2.64 bits per heavy atom. The summed E-state index contributed by atoms with van der Waals surface area (Å²) in [7, 11) is 0. The van der Waals surface area contributed by atoms with Gasteiger partial charge in [0.1, 0.15) is 23.2 Å². The molecule has 0 saturated heterocycles. The molecule has 138 valence electrons. The fourth-order valence-corrected chi connectivity index (χ4v) is 4.33. The van der Waals surface area contributed by atoms with E-state index in [0.717, 1.165) is 11.1 Å². The highest BCUT2D eigenvalue weighted by molar-refractivity contribution is 5.96. The Morgan fingerprint density at radius 2 is 1.86 bits per heavy atom. The Hall–Kier alpha value is -3.61. The van der Waals surface area contributed by atoms with E-state index in [2.05, 4.69) is 10.4 Å². The number of nitroso groups, excluding NO2 is 2. The topological polar surface area (TPSA) is 94.4 Å². The Bertz CT molecular complexity index is 1120. The van der Waals surface area contributed by atoms with E-state index in [9.17, 15) is 14.6 Å². The number of hydrogen-bond donors (Lipinski definition) is 0. The summed E-state index contributed by atoms with van der Waals surface area (Å²) in [5.41, 5.74) is 2.13. The molecule has 28 heavy (non-hydrogen) atoms. The molecule has 2 heterocycles. The van der Waals surface area contributed by atoms with Crippen molar-refractivity contribution in [1.82, 2.24) is 0 Å². The first-order chi connectivity index (χ1) is 13.6. The molecule has 1 aliphatic carbocycles. The normalized spacial score (nSPS) is 26.5. The number of esters is 1.